The van der Waals surface area contributed by atoms with Gasteiger partial charge in [-0.2, -0.15) is 16.7 Å². The van der Waals surface area contributed by atoms with Crippen molar-refractivity contribution in [3.8, 4) is 11.1 Å². The third-order valence-corrected chi connectivity index (χ3v) is 8.95. The highest BCUT2D eigenvalue weighted by Gasteiger charge is 2.32. The van der Waals surface area contributed by atoms with Crippen molar-refractivity contribution in [3.63, 3.8) is 0 Å². The highest BCUT2D eigenvalue weighted by molar-refractivity contribution is 7.99. The van der Waals surface area contributed by atoms with Crippen LogP contribution in [0.25, 0.3) is 22.0 Å². The standard InChI is InChI=1S/C28H30F2N4O2S2.C2H6/c1-4-6-17-13-21-25-26(24(17)20-8-7-18(29)14-22(20)30)38-12-11-34(25)28(36)31-27(21)32-9-10-33(23(35)5-2)19(15-32)16-37-3;1-2/h5,7-8,13-14,19H,2,4,6,9-12,15-16H2,1,3H3;1-2H3. The predicted octanol–water partition coefficient (Wildman–Crippen LogP) is 5.99. The summed E-state index contributed by atoms with van der Waals surface area (Å²) in [7, 11) is 0. The fourth-order valence-corrected chi connectivity index (χ4v) is 7.41. The number of piperazine rings is 1. The van der Waals surface area contributed by atoms with Gasteiger partial charge in [0.25, 0.3) is 0 Å². The summed E-state index contributed by atoms with van der Waals surface area (Å²) in [6, 6.07) is 5.67. The molecular weight excluding hydrogens is 550 g/mol. The normalized spacial score (nSPS) is 16.5. The van der Waals surface area contributed by atoms with Crippen molar-refractivity contribution in [2.75, 3.05) is 42.3 Å². The van der Waals surface area contributed by atoms with Crippen molar-refractivity contribution in [3.05, 3.63) is 64.6 Å². The lowest BCUT2D eigenvalue weighted by Gasteiger charge is -2.42. The lowest BCUT2D eigenvalue weighted by Crippen LogP contribution is -2.56. The molecule has 0 N–H and O–H groups in total. The summed E-state index contributed by atoms with van der Waals surface area (Å²) in [6.07, 6.45) is 4.89. The van der Waals surface area contributed by atoms with Gasteiger partial charge in [-0.1, -0.05) is 33.8 Å². The maximum absolute atomic E-state index is 15.1. The first-order valence-electron chi connectivity index (χ1n) is 13.7. The van der Waals surface area contributed by atoms with Crippen molar-refractivity contribution in [1.29, 1.82) is 0 Å². The van der Waals surface area contributed by atoms with Crippen LogP contribution >= 0.6 is 23.5 Å². The van der Waals surface area contributed by atoms with Crippen LogP contribution in [0.4, 0.5) is 14.6 Å². The van der Waals surface area contributed by atoms with Crippen LogP contribution < -0.4 is 10.6 Å². The summed E-state index contributed by atoms with van der Waals surface area (Å²) >= 11 is 3.27. The number of carbonyl (C=O) groups excluding carboxylic acids is 1. The summed E-state index contributed by atoms with van der Waals surface area (Å²) in [4.78, 5) is 35.1. The molecule has 3 heterocycles. The number of amides is 1. The first-order valence-corrected chi connectivity index (χ1v) is 16.1. The minimum atomic E-state index is -0.623. The molecule has 0 bridgehead atoms. The van der Waals surface area contributed by atoms with Crippen molar-refractivity contribution in [2.45, 2.75) is 51.1 Å². The largest absolute Gasteiger partial charge is 0.352 e. The number of rotatable bonds is 7. The molecule has 0 aliphatic carbocycles. The number of nitrogens with zero attached hydrogens (tertiary/aromatic N) is 4. The van der Waals surface area contributed by atoms with E-state index < -0.39 is 11.6 Å². The summed E-state index contributed by atoms with van der Waals surface area (Å²) < 4.78 is 30.6. The van der Waals surface area contributed by atoms with Crippen LogP contribution in [0, 0.1) is 11.6 Å². The molecule has 3 aromatic rings. The molecule has 2 aromatic carbocycles. The van der Waals surface area contributed by atoms with Crippen molar-refractivity contribution in [1.82, 2.24) is 14.5 Å². The van der Waals surface area contributed by atoms with Gasteiger partial charge in [0, 0.05) is 65.2 Å². The predicted molar refractivity (Wildman–Crippen MR) is 164 cm³/mol. The Labute approximate surface area is 242 Å². The molecule has 214 valence electrons. The van der Waals surface area contributed by atoms with E-state index in [4.69, 9.17) is 0 Å². The molecule has 0 spiro atoms. The first kappa shape index (κ1) is 30.1. The topological polar surface area (TPSA) is 58.4 Å². The highest BCUT2D eigenvalue weighted by atomic mass is 32.2. The molecule has 40 heavy (non-hydrogen) atoms. The number of benzene rings is 2. The van der Waals surface area contributed by atoms with E-state index in [9.17, 15) is 14.0 Å². The number of carbonyl (C=O) groups is 1. The van der Waals surface area contributed by atoms with E-state index in [1.54, 1.807) is 28.1 Å². The van der Waals surface area contributed by atoms with E-state index in [1.807, 2.05) is 31.1 Å². The van der Waals surface area contributed by atoms with E-state index in [0.29, 0.717) is 49.7 Å². The third-order valence-electron chi connectivity index (χ3n) is 7.16. The van der Waals surface area contributed by atoms with Gasteiger partial charge in [0.15, 0.2) is 0 Å². The molecule has 1 aromatic heterocycles. The van der Waals surface area contributed by atoms with Crippen LogP contribution in [0.2, 0.25) is 0 Å². The number of hydrogen-bond donors (Lipinski definition) is 0. The third kappa shape index (κ3) is 5.65. The highest BCUT2D eigenvalue weighted by Crippen LogP contribution is 2.45. The van der Waals surface area contributed by atoms with Crippen molar-refractivity contribution >= 4 is 46.2 Å². The smallest absolute Gasteiger partial charge is 0.350 e. The molecular formula is C30H36F2N4O2S2. The van der Waals surface area contributed by atoms with Crippen LogP contribution in [0.5, 0.6) is 0 Å². The molecule has 10 heteroatoms. The van der Waals surface area contributed by atoms with Gasteiger partial charge in [0.2, 0.25) is 5.91 Å². The molecule has 5 rings (SSSR count). The SMILES string of the molecule is C=CC(=O)N1CCN(c2nc(=O)n3c4c(c(-c5ccc(F)cc5F)c(CCC)cc24)SCC3)CC1CSC.CC. The Morgan fingerprint density at radius 3 is 2.67 bits per heavy atom. The van der Waals surface area contributed by atoms with Gasteiger partial charge < -0.3 is 9.80 Å². The maximum atomic E-state index is 15.1. The molecule has 1 fully saturated rings. The second-order valence-electron chi connectivity index (χ2n) is 9.52. The fourth-order valence-electron chi connectivity index (χ4n) is 5.52. The lowest BCUT2D eigenvalue weighted by molar-refractivity contribution is -0.128. The zero-order valence-electron chi connectivity index (χ0n) is 23.5. The van der Waals surface area contributed by atoms with Crippen LogP contribution in [0.3, 0.4) is 0 Å². The van der Waals surface area contributed by atoms with Crippen LogP contribution in [-0.4, -0.2) is 63.8 Å². The van der Waals surface area contributed by atoms with Gasteiger partial charge in [-0.15, -0.1) is 11.8 Å². The second-order valence-corrected chi connectivity index (χ2v) is 11.5. The van der Waals surface area contributed by atoms with Gasteiger partial charge in [-0.05, 0) is 42.5 Å². The summed E-state index contributed by atoms with van der Waals surface area (Å²) in [5, 5.41) is 0.855. The molecule has 1 unspecified atom stereocenters. The molecule has 1 amide bonds. The Hall–Kier alpha value is -2.85. The number of anilines is 1. The number of aromatic nitrogens is 2. The van der Waals surface area contributed by atoms with E-state index in [-0.39, 0.29) is 17.6 Å². The first-order chi connectivity index (χ1) is 19.4. The van der Waals surface area contributed by atoms with Crippen LogP contribution in [0.1, 0.15) is 32.8 Å². The molecule has 1 saturated heterocycles. The van der Waals surface area contributed by atoms with Crippen LogP contribution in [0.15, 0.2) is 46.6 Å². The van der Waals surface area contributed by atoms with E-state index in [1.165, 1.54) is 18.2 Å². The van der Waals surface area contributed by atoms with E-state index in [2.05, 4.69) is 23.4 Å². The molecule has 1 atom stereocenters. The zero-order chi connectivity index (χ0) is 29.0. The fraction of sp³-hybridized carbons (Fsp3) is 0.433. The average molecular weight is 587 g/mol. The summed E-state index contributed by atoms with van der Waals surface area (Å²) in [6.45, 7) is 11.8. The van der Waals surface area contributed by atoms with Gasteiger partial charge in [-0.3, -0.25) is 9.36 Å². The number of aryl methyl sites for hydroxylation is 2. The van der Waals surface area contributed by atoms with Gasteiger partial charge in [0.05, 0.1) is 11.6 Å². The average Bonchev–Trinajstić information content (AvgIpc) is 2.96. The minimum absolute atomic E-state index is 0.0482. The molecule has 2 aliphatic rings. The van der Waals surface area contributed by atoms with Gasteiger partial charge in [-0.25, -0.2) is 13.6 Å². The van der Waals surface area contributed by atoms with Gasteiger partial charge in [0.1, 0.15) is 17.5 Å². The molecule has 0 radical (unpaired) electrons. The van der Waals surface area contributed by atoms with Gasteiger partial charge >= 0.3 is 5.69 Å². The number of halogens is 2. The Morgan fingerprint density at radius 2 is 2.00 bits per heavy atom. The Morgan fingerprint density at radius 1 is 1.23 bits per heavy atom. The number of thioether (sulfide) groups is 2. The molecule has 0 saturated carbocycles. The zero-order valence-corrected chi connectivity index (χ0v) is 25.1. The van der Waals surface area contributed by atoms with Crippen molar-refractivity contribution in [2.24, 2.45) is 0 Å². The monoisotopic (exact) mass is 586 g/mol. The Kier molecular flexibility index (Phi) is 9.94. The van der Waals surface area contributed by atoms with E-state index in [0.717, 1.165) is 45.2 Å². The Bertz CT molecular complexity index is 1480. The summed E-state index contributed by atoms with van der Waals surface area (Å²) in [5.74, 6) is 0.678. The maximum Gasteiger partial charge on any atom is 0.350 e. The summed E-state index contributed by atoms with van der Waals surface area (Å²) in [5.41, 5.74) is 2.43. The van der Waals surface area contributed by atoms with Crippen molar-refractivity contribution < 1.29 is 13.6 Å². The second kappa shape index (κ2) is 13.2. The lowest BCUT2D eigenvalue weighted by atomic mass is 9.93. The molecule has 2 aliphatic heterocycles. The Balaban J connectivity index is 0.00000181. The van der Waals surface area contributed by atoms with Crippen LogP contribution in [-0.2, 0) is 17.8 Å². The quantitative estimate of drug-likeness (QED) is 0.317. The number of hydrogen-bond acceptors (Lipinski definition) is 6. The minimum Gasteiger partial charge on any atom is -0.352 e. The molecule has 6 nitrogen and oxygen atoms in total. The van der Waals surface area contributed by atoms with E-state index >= 15 is 4.39 Å².